The average Bonchev–Trinajstić information content (AvgIpc) is 2.80. The van der Waals surface area contributed by atoms with Gasteiger partial charge in [-0.1, -0.05) is 60.7 Å². The normalized spacial score (nSPS) is 14.9. The molecule has 0 amide bonds. The molecule has 2 aromatic rings. The number of hydrogen-bond donors (Lipinski definition) is 1. The lowest BCUT2D eigenvalue weighted by atomic mass is 9.75. The molecule has 2 nitrogen and oxygen atoms in total. The minimum atomic E-state index is -1.02. The lowest BCUT2D eigenvalue weighted by molar-refractivity contribution is -0.141. The van der Waals surface area contributed by atoms with Gasteiger partial charge in [-0.2, -0.15) is 0 Å². The lowest BCUT2D eigenvalue weighted by Crippen LogP contribution is -2.34. The van der Waals surface area contributed by atoms with E-state index in [0.717, 1.165) is 22.3 Å². The number of carboxylic acid groups (broad SMARTS) is 1. The molecule has 0 bridgehead atoms. The maximum absolute atomic E-state index is 12.2. The molecule has 106 valence electrons. The molecule has 1 N–H and O–H groups in total. The number of fused-ring (bicyclic) bond motifs is 3. The van der Waals surface area contributed by atoms with E-state index in [2.05, 4.69) is 0 Å². The van der Waals surface area contributed by atoms with Crippen molar-refractivity contribution in [2.45, 2.75) is 11.8 Å². The molecule has 0 saturated carbocycles. The molecular formula is C18H15ClO2. The van der Waals surface area contributed by atoms with Crippen LogP contribution in [0.5, 0.6) is 0 Å². The van der Waals surface area contributed by atoms with Gasteiger partial charge >= 0.3 is 5.97 Å². The van der Waals surface area contributed by atoms with Crippen LogP contribution >= 0.6 is 11.6 Å². The van der Waals surface area contributed by atoms with Crippen LogP contribution in [0.1, 0.15) is 17.5 Å². The largest absolute Gasteiger partial charge is 0.480 e. The number of rotatable bonds is 4. The van der Waals surface area contributed by atoms with E-state index in [1.807, 2.05) is 54.6 Å². The zero-order chi connectivity index (χ0) is 14.9. The summed E-state index contributed by atoms with van der Waals surface area (Å²) in [6, 6.07) is 15.5. The Bertz CT molecular complexity index is 673. The summed E-state index contributed by atoms with van der Waals surface area (Å²) in [4.78, 5) is 12.2. The minimum absolute atomic E-state index is 0.388. The Morgan fingerprint density at radius 3 is 2.00 bits per heavy atom. The Balaban J connectivity index is 2.28. The average molecular weight is 299 g/mol. The molecule has 3 heteroatoms. The summed E-state index contributed by atoms with van der Waals surface area (Å²) >= 11 is 5.68. The third-order valence-corrected chi connectivity index (χ3v) is 4.29. The zero-order valence-electron chi connectivity index (χ0n) is 11.4. The van der Waals surface area contributed by atoms with E-state index in [0.29, 0.717) is 12.3 Å². The summed E-state index contributed by atoms with van der Waals surface area (Å²) in [6.07, 6.45) is 4.07. The molecule has 1 aliphatic carbocycles. The molecule has 1 aliphatic rings. The van der Waals surface area contributed by atoms with Crippen molar-refractivity contribution in [2.75, 3.05) is 5.88 Å². The Morgan fingerprint density at radius 2 is 1.52 bits per heavy atom. The number of halogens is 1. The van der Waals surface area contributed by atoms with Crippen molar-refractivity contribution in [3.8, 4) is 11.1 Å². The van der Waals surface area contributed by atoms with E-state index in [1.165, 1.54) is 0 Å². The second-order valence-corrected chi connectivity index (χ2v) is 5.44. The van der Waals surface area contributed by atoms with E-state index in [9.17, 15) is 9.90 Å². The first kappa shape index (κ1) is 13.9. The summed E-state index contributed by atoms with van der Waals surface area (Å²) in [5.74, 6) is -0.432. The highest BCUT2D eigenvalue weighted by Gasteiger charge is 2.48. The van der Waals surface area contributed by atoms with Gasteiger partial charge in [-0.15, -0.1) is 11.6 Å². The highest BCUT2D eigenvalue weighted by Crippen LogP contribution is 2.51. The molecule has 0 saturated heterocycles. The fourth-order valence-corrected chi connectivity index (χ4v) is 3.31. The standard InChI is InChI=1S/C18H15ClO2/c19-12-6-5-11-18(17(20)21)15-9-3-1-7-13(15)14-8-2-4-10-16(14)18/h1-10H,11-12H2,(H,20,21). The monoisotopic (exact) mass is 298 g/mol. The second kappa shape index (κ2) is 5.38. The first-order chi connectivity index (χ1) is 10.2. The smallest absolute Gasteiger partial charge is 0.319 e. The van der Waals surface area contributed by atoms with E-state index >= 15 is 0 Å². The highest BCUT2D eigenvalue weighted by molar-refractivity contribution is 6.18. The summed E-state index contributed by atoms with van der Waals surface area (Å²) in [6.45, 7) is 0. The molecule has 0 heterocycles. The molecule has 0 unspecified atom stereocenters. The van der Waals surface area contributed by atoms with Gasteiger partial charge in [0.2, 0.25) is 0 Å². The van der Waals surface area contributed by atoms with Gasteiger partial charge in [0.15, 0.2) is 0 Å². The summed E-state index contributed by atoms with van der Waals surface area (Å²) in [5, 5.41) is 9.99. The van der Waals surface area contributed by atoms with Gasteiger partial charge in [-0.25, -0.2) is 0 Å². The zero-order valence-corrected chi connectivity index (χ0v) is 12.2. The molecule has 0 aromatic heterocycles. The summed E-state index contributed by atoms with van der Waals surface area (Å²) in [5.41, 5.74) is 2.72. The lowest BCUT2D eigenvalue weighted by Gasteiger charge is -2.26. The number of carbonyl (C=O) groups is 1. The van der Waals surface area contributed by atoms with Crippen LogP contribution < -0.4 is 0 Å². The minimum Gasteiger partial charge on any atom is -0.480 e. The van der Waals surface area contributed by atoms with Crippen molar-refractivity contribution in [1.82, 2.24) is 0 Å². The van der Waals surface area contributed by atoms with Crippen molar-refractivity contribution in [1.29, 1.82) is 0 Å². The molecule has 0 atom stereocenters. The van der Waals surface area contributed by atoms with Crippen molar-refractivity contribution < 1.29 is 9.90 Å². The molecule has 2 aromatic carbocycles. The Hall–Kier alpha value is -2.06. The Kier molecular flexibility index (Phi) is 3.56. The van der Waals surface area contributed by atoms with Gasteiger partial charge < -0.3 is 5.11 Å². The van der Waals surface area contributed by atoms with E-state index < -0.39 is 11.4 Å². The second-order valence-electron chi connectivity index (χ2n) is 5.13. The number of aliphatic carboxylic acids is 1. The SMILES string of the molecule is O=C(O)C1(CC=CCCl)c2ccccc2-c2ccccc21. The molecule has 21 heavy (non-hydrogen) atoms. The van der Waals surface area contributed by atoms with Crippen LogP contribution in [0.2, 0.25) is 0 Å². The molecule has 0 radical (unpaired) electrons. The highest BCUT2D eigenvalue weighted by atomic mass is 35.5. The third kappa shape index (κ3) is 1.98. The first-order valence-electron chi connectivity index (χ1n) is 6.85. The van der Waals surface area contributed by atoms with Gasteiger partial charge in [-0.3, -0.25) is 4.79 Å². The van der Waals surface area contributed by atoms with E-state index in [1.54, 1.807) is 6.08 Å². The van der Waals surface area contributed by atoms with Gasteiger partial charge in [-0.05, 0) is 28.7 Å². The quantitative estimate of drug-likeness (QED) is 0.678. The number of carboxylic acids is 1. The molecule has 0 fully saturated rings. The van der Waals surface area contributed by atoms with Crippen LogP contribution in [0.4, 0.5) is 0 Å². The number of alkyl halides is 1. The fourth-order valence-electron chi connectivity index (χ4n) is 3.19. The molecule has 0 aliphatic heterocycles. The first-order valence-corrected chi connectivity index (χ1v) is 7.39. The van der Waals surface area contributed by atoms with Crippen molar-refractivity contribution in [3.05, 3.63) is 71.8 Å². The number of hydrogen-bond acceptors (Lipinski definition) is 1. The van der Waals surface area contributed by atoms with Gasteiger partial charge in [0, 0.05) is 5.88 Å². The van der Waals surface area contributed by atoms with Crippen LogP contribution in [-0.4, -0.2) is 17.0 Å². The van der Waals surface area contributed by atoms with Crippen molar-refractivity contribution in [2.24, 2.45) is 0 Å². The van der Waals surface area contributed by atoms with E-state index in [4.69, 9.17) is 11.6 Å². The molecule has 0 spiro atoms. The molecule has 3 rings (SSSR count). The Morgan fingerprint density at radius 1 is 1.00 bits per heavy atom. The predicted octanol–water partition coefficient (Wildman–Crippen LogP) is 4.22. The van der Waals surface area contributed by atoms with Crippen LogP contribution in [0.15, 0.2) is 60.7 Å². The van der Waals surface area contributed by atoms with Crippen molar-refractivity contribution in [3.63, 3.8) is 0 Å². The number of allylic oxidation sites excluding steroid dienone is 2. The fraction of sp³-hybridized carbons (Fsp3) is 0.167. The van der Waals surface area contributed by atoms with Gasteiger partial charge in [0.05, 0.1) is 0 Å². The van der Waals surface area contributed by atoms with Crippen LogP contribution in [0.3, 0.4) is 0 Å². The van der Waals surface area contributed by atoms with Gasteiger partial charge in [0.25, 0.3) is 0 Å². The van der Waals surface area contributed by atoms with Gasteiger partial charge in [0.1, 0.15) is 5.41 Å². The maximum Gasteiger partial charge on any atom is 0.319 e. The van der Waals surface area contributed by atoms with Crippen LogP contribution in [0.25, 0.3) is 11.1 Å². The summed E-state index contributed by atoms with van der Waals surface area (Å²) < 4.78 is 0. The van der Waals surface area contributed by atoms with E-state index in [-0.39, 0.29) is 0 Å². The number of benzene rings is 2. The Labute approximate surface area is 128 Å². The van der Waals surface area contributed by atoms with Crippen molar-refractivity contribution >= 4 is 17.6 Å². The molecular weight excluding hydrogens is 284 g/mol. The summed E-state index contributed by atoms with van der Waals surface area (Å²) in [7, 11) is 0. The van der Waals surface area contributed by atoms with Crippen LogP contribution in [-0.2, 0) is 10.2 Å². The third-order valence-electron chi connectivity index (χ3n) is 4.11. The predicted molar refractivity (Wildman–Crippen MR) is 84.8 cm³/mol. The maximum atomic E-state index is 12.2. The van der Waals surface area contributed by atoms with Crippen LogP contribution in [0, 0.1) is 0 Å². The topological polar surface area (TPSA) is 37.3 Å².